The Morgan fingerprint density at radius 3 is 2.91 bits per heavy atom. The number of aromatic nitrogens is 3. The summed E-state index contributed by atoms with van der Waals surface area (Å²) in [7, 11) is 0. The lowest BCUT2D eigenvalue weighted by Gasteiger charge is -1.99. The molecule has 6 nitrogen and oxygen atoms in total. The quantitative estimate of drug-likeness (QED) is 0.738. The van der Waals surface area contributed by atoms with Gasteiger partial charge in [-0.3, -0.25) is 0 Å². The summed E-state index contributed by atoms with van der Waals surface area (Å²) in [6, 6.07) is 7.83. The van der Waals surface area contributed by atoms with E-state index in [1.54, 1.807) is 0 Å². The molecule has 6 heteroatoms. The van der Waals surface area contributed by atoms with Crippen molar-refractivity contribution in [2.75, 3.05) is 6.61 Å². The Morgan fingerprint density at radius 2 is 2.00 bits per heavy atom. The van der Waals surface area contributed by atoms with Gasteiger partial charge in [0.2, 0.25) is 11.6 Å². The molecule has 0 saturated heterocycles. The van der Waals surface area contributed by atoms with Crippen LogP contribution in [0.25, 0.3) is 23.0 Å². The zero-order valence-corrected chi connectivity index (χ0v) is 11.8. The van der Waals surface area contributed by atoms with Crippen LogP contribution in [0.4, 0.5) is 0 Å². The van der Waals surface area contributed by atoms with E-state index in [1.165, 1.54) is 18.4 Å². The van der Waals surface area contributed by atoms with Crippen LogP contribution in [-0.4, -0.2) is 21.9 Å². The van der Waals surface area contributed by atoms with E-state index in [0.717, 1.165) is 30.0 Å². The molecular weight excluding hydrogens is 282 g/mol. The van der Waals surface area contributed by atoms with Crippen molar-refractivity contribution in [3.8, 4) is 28.8 Å². The second-order valence-corrected chi connectivity index (χ2v) is 5.73. The van der Waals surface area contributed by atoms with Crippen molar-refractivity contribution in [3.63, 3.8) is 0 Å². The van der Waals surface area contributed by atoms with Gasteiger partial charge in [-0.2, -0.15) is 4.98 Å². The number of rotatable bonds is 3. The van der Waals surface area contributed by atoms with Crippen molar-refractivity contribution in [1.29, 1.82) is 0 Å². The lowest BCUT2D eigenvalue weighted by molar-refractivity contribution is 0.357. The average molecular weight is 295 g/mol. The van der Waals surface area contributed by atoms with Gasteiger partial charge in [0.25, 0.3) is 5.89 Å². The Kier molecular flexibility index (Phi) is 2.41. The van der Waals surface area contributed by atoms with E-state index in [0.29, 0.717) is 23.4 Å². The zero-order chi connectivity index (χ0) is 14.5. The number of ether oxygens (including phenoxy) is 1. The molecule has 1 saturated carbocycles. The molecule has 0 amide bonds. The Balaban J connectivity index is 1.47. The predicted octanol–water partition coefficient (Wildman–Crippen LogP) is 3.20. The van der Waals surface area contributed by atoms with E-state index >= 15 is 0 Å². The summed E-state index contributed by atoms with van der Waals surface area (Å²) in [5.41, 5.74) is 3.07. The summed E-state index contributed by atoms with van der Waals surface area (Å²) < 4.78 is 16.1. The molecule has 3 aromatic rings. The standard InChI is InChI=1S/C16H13N3O3/c1-2-9(1)12-8-14(21-18-12)16-17-15(19-22-16)11-3-4-13-10(7-11)5-6-20-13/h3-4,7-9H,1-2,5-6H2. The molecule has 0 radical (unpaired) electrons. The number of hydrogen-bond acceptors (Lipinski definition) is 6. The lowest BCUT2D eigenvalue weighted by Crippen LogP contribution is -1.85. The van der Waals surface area contributed by atoms with E-state index in [4.69, 9.17) is 13.8 Å². The number of benzene rings is 1. The largest absolute Gasteiger partial charge is 0.493 e. The van der Waals surface area contributed by atoms with Gasteiger partial charge in [0, 0.05) is 24.0 Å². The van der Waals surface area contributed by atoms with Gasteiger partial charge >= 0.3 is 0 Å². The Labute approximate surface area is 126 Å². The van der Waals surface area contributed by atoms with E-state index in [1.807, 2.05) is 24.3 Å². The lowest BCUT2D eigenvalue weighted by atomic mass is 10.1. The summed E-state index contributed by atoms with van der Waals surface area (Å²) in [6.07, 6.45) is 3.28. The normalized spacial score (nSPS) is 16.5. The van der Waals surface area contributed by atoms with Crippen LogP contribution >= 0.6 is 0 Å². The topological polar surface area (TPSA) is 74.2 Å². The third kappa shape index (κ3) is 1.91. The number of nitrogens with zero attached hydrogens (tertiary/aromatic N) is 3. The first-order chi connectivity index (χ1) is 10.9. The van der Waals surface area contributed by atoms with Crippen LogP contribution < -0.4 is 4.74 Å². The molecule has 5 rings (SSSR count). The highest BCUT2D eigenvalue weighted by molar-refractivity contribution is 5.61. The summed E-state index contributed by atoms with van der Waals surface area (Å²) in [5.74, 6) is 2.93. The van der Waals surface area contributed by atoms with Gasteiger partial charge in [-0.15, -0.1) is 0 Å². The van der Waals surface area contributed by atoms with Gasteiger partial charge in [0.05, 0.1) is 12.3 Å². The fraction of sp³-hybridized carbons (Fsp3) is 0.312. The first-order valence-corrected chi connectivity index (χ1v) is 7.43. The van der Waals surface area contributed by atoms with Crippen molar-refractivity contribution in [3.05, 3.63) is 35.5 Å². The molecule has 1 aliphatic carbocycles. The highest BCUT2D eigenvalue weighted by atomic mass is 16.5. The smallest absolute Gasteiger partial charge is 0.296 e. The summed E-state index contributed by atoms with van der Waals surface area (Å²) >= 11 is 0. The van der Waals surface area contributed by atoms with Crippen molar-refractivity contribution in [2.24, 2.45) is 0 Å². The first-order valence-electron chi connectivity index (χ1n) is 7.43. The van der Waals surface area contributed by atoms with Gasteiger partial charge in [0.15, 0.2) is 0 Å². The first kappa shape index (κ1) is 12.0. The summed E-state index contributed by atoms with van der Waals surface area (Å²) in [6.45, 7) is 0.734. The molecule has 2 aromatic heterocycles. The fourth-order valence-corrected chi connectivity index (χ4v) is 2.73. The molecule has 0 bridgehead atoms. The monoisotopic (exact) mass is 295 g/mol. The molecule has 1 fully saturated rings. The van der Waals surface area contributed by atoms with Crippen molar-refractivity contribution < 1.29 is 13.8 Å². The molecule has 1 aromatic carbocycles. The van der Waals surface area contributed by atoms with Gasteiger partial charge in [0.1, 0.15) is 5.75 Å². The molecule has 0 spiro atoms. The van der Waals surface area contributed by atoms with Crippen molar-refractivity contribution >= 4 is 0 Å². The van der Waals surface area contributed by atoms with E-state index in [9.17, 15) is 0 Å². The predicted molar refractivity (Wildman–Crippen MR) is 76.4 cm³/mol. The van der Waals surface area contributed by atoms with Crippen LogP contribution in [0, 0.1) is 0 Å². The third-order valence-corrected chi connectivity index (χ3v) is 4.11. The summed E-state index contributed by atoms with van der Waals surface area (Å²) in [5, 5.41) is 8.11. The second-order valence-electron chi connectivity index (χ2n) is 5.73. The molecule has 0 atom stereocenters. The molecule has 22 heavy (non-hydrogen) atoms. The number of fused-ring (bicyclic) bond motifs is 1. The van der Waals surface area contributed by atoms with Crippen LogP contribution in [0.5, 0.6) is 5.75 Å². The average Bonchev–Trinajstić information content (AvgIpc) is 3.00. The minimum absolute atomic E-state index is 0.367. The maximum absolute atomic E-state index is 5.51. The SMILES string of the molecule is c1cc2c(cc1-c1noc(-c3cc(C4CC4)no3)n1)CCO2. The minimum Gasteiger partial charge on any atom is -0.493 e. The van der Waals surface area contributed by atoms with E-state index in [-0.39, 0.29) is 0 Å². The van der Waals surface area contributed by atoms with Crippen LogP contribution in [-0.2, 0) is 6.42 Å². The Bertz CT molecular complexity index is 848. The molecule has 2 aliphatic rings. The van der Waals surface area contributed by atoms with Crippen LogP contribution in [0.1, 0.15) is 30.0 Å². The molecule has 110 valence electrons. The van der Waals surface area contributed by atoms with Gasteiger partial charge in [-0.25, -0.2) is 0 Å². The van der Waals surface area contributed by atoms with Crippen molar-refractivity contribution in [2.45, 2.75) is 25.2 Å². The van der Waals surface area contributed by atoms with Crippen LogP contribution in [0.2, 0.25) is 0 Å². The van der Waals surface area contributed by atoms with Crippen LogP contribution in [0.15, 0.2) is 33.3 Å². The maximum atomic E-state index is 5.51. The fourth-order valence-electron chi connectivity index (χ4n) is 2.73. The van der Waals surface area contributed by atoms with Gasteiger partial charge in [-0.05, 0) is 36.6 Å². The van der Waals surface area contributed by atoms with Gasteiger partial charge < -0.3 is 13.8 Å². The number of hydrogen-bond donors (Lipinski definition) is 0. The molecule has 1 aliphatic heterocycles. The second kappa shape index (κ2) is 4.43. The highest BCUT2D eigenvalue weighted by Gasteiger charge is 2.28. The molecule has 3 heterocycles. The van der Waals surface area contributed by atoms with Crippen molar-refractivity contribution in [1.82, 2.24) is 15.3 Å². The third-order valence-electron chi connectivity index (χ3n) is 4.11. The summed E-state index contributed by atoms with van der Waals surface area (Å²) in [4.78, 5) is 4.42. The Morgan fingerprint density at radius 1 is 1.05 bits per heavy atom. The molecule has 0 N–H and O–H groups in total. The van der Waals surface area contributed by atoms with Gasteiger partial charge in [-0.1, -0.05) is 10.3 Å². The maximum Gasteiger partial charge on any atom is 0.296 e. The van der Waals surface area contributed by atoms with E-state index < -0.39 is 0 Å². The highest BCUT2D eigenvalue weighted by Crippen LogP contribution is 2.40. The molecule has 0 unspecified atom stereocenters. The van der Waals surface area contributed by atoms with Crippen LogP contribution in [0.3, 0.4) is 0 Å². The Hall–Kier alpha value is -2.63. The zero-order valence-electron chi connectivity index (χ0n) is 11.8. The minimum atomic E-state index is 0.367. The molecular formula is C16H13N3O3. The van der Waals surface area contributed by atoms with E-state index in [2.05, 4.69) is 15.3 Å².